The molecule has 3 aliphatic rings. The first kappa shape index (κ1) is 24.6. The number of nitrogens with zero attached hydrogens (tertiary/aromatic N) is 1. The van der Waals surface area contributed by atoms with Crippen molar-refractivity contribution in [3.63, 3.8) is 0 Å². The standard InChI is InChI=1S/C34H24ClNO4/c1-40-24-15-11-20(12-16-24)29-30(31(37)21-7-3-2-4-8-21)36-27-17-14-23(35)19-22(27)13-18-28(36)34(29)32(38)25-9-5-6-10-26(25)33(34)39/h2-19,28-30H,1H3/t28-,29-,30-/m1/s1. The first-order valence-electron chi connectivity index (χ1n) is 13.1. The average molecular weight is 546 g/mol. The Morgan fingerprint density at radius 1 is 0.850 bits per heavy atom. The molecule has 196 valence electrons. The molecule has 7 rings (SSSR count). The van der Waals surface area contributed by atoms with Crippen molar-refractivity contribution in [2.75, 3.05) is 12.0 Å². The molecule has 40 heavy (non-hydrogen) atoms. The highest BCUT2D eigenvalue weighted by Gasteiger charge is 2.71. The van der Waals surface area contributed by atoms with Gasteiger partial charge in [0.15, 0.2) is 17.3 Å². The number of hydrogen-bond acceptors (Lipinski definition) is 5. The molecule has 5 nitrogen and oxygen atoms in total. The summed E-state index contributed by atoms with van der Waals surface area (Å²) in [6.07, 6.45) is 3.81. The summed E-state index contributed by atoms with van der Waals surface area (Å²) >= 11 is 6.36. The van der Waals surface area contributed by atoms with Gasteiger partial charge in [-0.05, 0) is 41.5 Å². The zero-order valence-corrected chi connectivity index (χ0v) is 22.3. The van der Waals surface area contributed by atoms with E-state index in [4.69, 9.17) is 16.3 Å². The van der Waals surface area contributed by atoms with Gasteiger partial charge in [0.05, 0.1) is 13.2 Å². The topological polar surface area (TPSA) is 63.7 Å². The maximum absolute atomic E-state index is 14.6. The molecule has 6 heteroatoms. The van der Waals surface area contributed by atoms with E-state index in [1.165, 1.54) is 0 Å². The Morgan fingerprint density at radius 2 is 1.50 bits per heavy atom. The second-order valence-electron chi connectivity index (χ2n) is 10.4. The van der Waals surface area contributed by atoms with Gasteiger partial charge in [-0.25, -0.2) is 0 Å². The van der Waals surface area contributed by atoms with E-state index in [2.05, 4.69) is 0 Å². The minimum atomic E-state index is -1.54. The van der Waals surface area contributed by atoms with Crippen molar-refractivity contribution in [2.24, 2.45) is 5.41 Å². The number of anilines is 1. The molecule has 4 aromatic rings. The Balaban J connectivity index is 1.54. The van der Waals surface area contributed by atoms with Gasteiger partial charge in [-0.15, -0.1) is 0 Å². The van der Waals surface area contributed by atoms with Gasteiger partial charge in [-0.3, -0.25) is 14.4 Å². The van der Waals surface area contributed by atoms with Crippen LogP contribution in [0.2, 0.25) is 5.02 Å². The third-order valence-electron chi connectivity index (χ3n) is 8.57. The van der Waals surface area contributed by atoms with Gasteiger partial charge in [-0.2, -0.15) is 0 Å². The molecule has 2 aliphatic heterocycles. The maximum Gasteiger partial charge on any atom is 0.185 e. The summed E-state index contributed by atoms with van der Waals surface area (Å²) in [6, 6.07) is 27.4. The van der Waals surface area contributed by atoms with Gasteiger partial charge >= 0.3 is 0 Å². The van der Waals surface area contributed by atoms with Crippen LogP contribution >= 0.6 is 11.6 Å². The molecule has 3 atom stereocenters. The van der Waals surface area contributed by atoms with E-state index in [0.29, 0.717) is 27.5 Å². The first-order valence-corrected chi connectivity index (χ1v) is 13.5. The fraction of sp³-hybridized carbons (Fsp3) is 0.147. The van der Waals surface area contributed by atoms with Crippen molar-refractivity contribution < 1.29 is 19.1 Å². The summed E-state index contributed by atoms with van der Waals surface area (Å²) in [5.41, 5.74) is 2.09. The number of ketones is 3. The van der Waals surface area contributed by atoms with Crippen LogP contribution in [0.5, 0.6) is 5.75 Å². The molecule has 0 bridgehead atoms. The lowest BCUT2D eigenvalue weighted by molar-refractivity contribution is 0.0666. The van der Waals surface area contributed by atoms with Gasteiger partial charge < -0.3 is 9.64 Å². The van der Waals surface area contributed by atoms with E-state index in [0.717, 1.165) is 16.8 Å². The molecule has 0 radical (unpaired) electrons. The quantitative estimate of drug-likeness (QED) is 0.212. The summed E-state index contributed by atoms with van der Waals surface area (Å²) in [7, 11) is 1.58. The summed E-state index contributed by atoms with van der Waals surface area (Å²) in [4.78, 5) is 45.8. The number of Topliss-reactive ketones (excluding diaryl/α,β-unsaturated/α-hetero) is 3. The maximum atomic E-state index is 14.6. The van der Waals surface area contributed by atoms with Crippen molar-refractivity contribution in [2.45, 2.75) is 18.0 Å². The minimum Gasteiger partial charge on any atom is -0.497 e. The number of carbonyl (C=O) groups excluding carboxylic acids is 3. The Kier molecular flexibility index (Phi) is 5.55. The van der Waals surface area contributed by atoms with E-state index in [1.54, 1.807) is 49.6 Å². The smallest absolute Gasteiger partial charge is 0.185 e. The largest absolute Gasteiger partial charge is 0.497 e. The van der Waals surface area contributed by atoms with Crippen LogP contribution in [0.15, 0.2) is 103 Å². The van der Waals surface area contributed by atoms with E-state index >= 15 is 0 Å². The van der Waals surface area contributed by atoms with Crippen LogP contribution in [-0.4, -0.2) is 36.5 Å². The number of ether oxygens (including phenoxy) is 1. The lowest BCUT2D eigenvalue weighted by Gasteiger charge is -2.37. The Hall–Kier alpha value is -4.48. The van der Waals surface area contributed by atoms with Crippen LogP contribution in [0.1, 0.15) is 48.1 Å². The van der Waals surface area contributed by atoms with E-state index in [1.807, 2.05) is 71.6 Å². The highest BCUT2D eigenvalue weighted by atomic mass is 35.5. The van der Waals surface area contributed by atoms with E-state index < -0.39 is 23.4 Å². The van der Waals surface area contributed by atoms with E-state index in [-0.39, 0.29) is 17.3 Å². The summed E-state index contributed by atoms with van der Waals surface area (Å²) < 4.78 is 5.40. The van der Waals surface area contributed by atoms with Crippen molar-refractivity contribution in [1.29, 1.82) is 0 Å². The molecule has 1 saturated heterocycles. The summed E-state index contributed by atoms with van der Waals surface area (Å²) in [5.74, 6) is -0.791. The number of halogens is 1. The third kappa shape index (κ3) is 3.24. The van der Waals surface area contributed by atoms with E-state index in [9.17, 15) is 14.4 Å². The van der Waals surface area contributed by atoms with Gasteiger partial charge in [0.2, 0.25) is 0 Å². The predicted octanol–water partition coefficient (Wildman–Crippen LogP) is 6.66. The first-order chi connectivity index (χ1) is 19.5. The van der Waals surface area contributed by atoms with Gasteiger partial charge in [0, 0.05) is 33.3 Å². The Morgan fingerprint density at radius 3 is 2.15 bits per heavy atom. The number of hydrogen-bond donors (Lipinski definition) is 0. The molecule has 0 saturated carbocycles. The van der Waals surface area contributed by atoms with Crippen molar-refractivity contribution in [3.8, 4) is 5.75 Å². The number of fused-ring (bicyclic) bond motifs is 5. The summed E-state index contributed by atoms with van der Waals surface area (Å²) in [6.45, 7) is 0. The molecule has 1 aliphatic carbocycles. The predicted molar refractivity (Wildman–Crippen MR) is 155 cm³/mol. The molecule has 2 heterocycles. The molecular formula is C34H24ClNO4. The van der Waals surface area contributed by atoms with Crippen LogP contribution in [0.3, 0.4) is 0 Å². The monoisotopic (exact) mass is 545 g/mol. The molecule has 0 amide bonds. The van der Waals surface area contributed by atoms with Crippen LogP contribution in [-0.2, 0) is 0 Å². The summed E-state index contributed by atoms with van der Waals surface area (Å²) in [5, 5.41) is 0.564. The highest BCUT2D eigenvalue weighted by molar-refractivity contribution is 6.32. The van der Waals surface area contributed by atoms with Crippen molar-refractivity contribution >= 4 is 40.7 Å². The molecular weight excluding hydrogens is 522 g/mol. The number of carbonyl (C=O) groups is 3. The van der Waals surface area contributed by atoms with Crippen LogP contribution in [0.4, 0.5) is 5.69 Å². The van der Waals surface area contributed by atoms with Crippen LogP contribution in [0.25, 0.3) is 6.08 Å². The third-order valence-corrected chi connectivity index (χ3v) is 8.80. The second kappa shape index (κ2) is 9.04. The van der Waals surface area contributed by atoms with Crippen molar-refractivity contribution in [1.82, 2.24) is 0 Å². The van der Waals surface area contributed by atoms with Crippen LogP contribution < -0.4 is 9.64 Å². The van der Waals surface area contributed by atoms with Crippen LogP contribution in [0, 0.1) is 5.41 Å². The molecule has 1 fully saturated rings. The van der Waals surface area contributed by atoms with Crippen molar-refractivity contribution in [3.05, 3.63) is 136 Å². The normalized spacial score (nSPS) is 21.8. The average Bonchev–Trinajstić information content (AvgIpc) is 3.43. The SMILES string of the molecule is COc1ccc([C@@H]2[C@H](C(=O)c3ccccc3)N3c4ccc(Cl)cc4C=C[C@@H]3C23C(=O)c2ccccc2C3=O)cc1. The fourth-order valence-corrected chi connectivity index (χ4v) is 7.09. The minimum absolute atomic E-state index is 0.156. The molecule has 0 N–H and O–H groups in total. The number of benzene rings is 4. The molecule has 0 aromatic heterocycles. The zero-order chi connectivity index (χ0) is 27.6. The lowest BCUT2D eigenvalue weighted by Crippen LogP contribution is -2.48. The van der Waals surface area contributed by atoms with Gasteiger partial charge in [0.25, 0.3) is 0 Å². The fourth-order valence-electron chi connectivity index (χ4n) is 6.91. The molecule has 0 unspecified atom stereocenters. The number of methoxy groups -OCH3 is 1. The van der Waals surface area contributed by atoms with Gasteiger partial charge in [-0.1, -0.05) is 90.5 Å². The Bertz CT molecular complexity index is 1690. The van der Waals surface area contributed by atoms with Gasteiger partial charge in [0.1, 0.15) is 17.2 Å². The number of rotatable bonds is 4. The highest BCUT2D eigenvalue weighted by Crippen LogP contribution is 2.61. The molecule has 4 aromatic carbocycles. The lowest BCUT2D eigenvalue weighted by atomic mass is 9.64. The second-order valence-corrected chi connectivity index (χ2v) is 10.8. The molecule has 1 spiro atoms. The Labute approximate surface area is 236 Å². The zero-order valence-electron chi connectivity index (χ0n) is 21.6.